The summed E-state index contributed by atoms with van der Waals surface area (Å²) in [6.07, 6.45) is -8.36. The predicted molar refractivity (Wildman–Crippen MR) is 283 cm³/mol. The largest absolute Gasteiger partial charge is 0.456 e. The van der Waals surface area contributed by atoms with Gasteiger partial charge in [0.05, 0.1) is 29.5 Å². The molecule has 1 heterocycles. The third-order valence-corrected chi connectivity index (χ3v) is 16.0. The predicted octanol–water partition coefficient (Wildman–Crippen LogP) is 4.17. The maximum Gasteiger partial charge on any atom is 0.407 e. The lowest BCUT2D eigenvalue weighted by Gasteiger charge is -2.67. The number of carbonyl (C=O) groups is 7. The van der Waals surface area contributed by atoms with Crippen LogP contribution in [0.4, 0.5) is 4.79 Å². The molecule has 78 heavy (non-hydrogen) atoms. The Morgan fingerprint density at radius 1 is 0.756 bits per heavy atom. The zero-order valence-corrected chi connectivity index (χ0v) is 45.3. The monoisotopic (exact) mass is 1080 g/mol. The molecule has 20 nitrogen and oxygen atoms in total. The molecule has 4 aliphatic rings. The van der Waals surface area contributed by atoms with Crippen molar-refractivity contribution in [1.29, 1.82) is 0 Å². The van der Waals surface area contributed by atoms with Crippen molar-refractivity contribution in [3.63, 3.8) is 0 Å². The molecule has 3 aromatic rings. The summed E-state index contributed by atoms with van der Waals surface area (Å²) in [6, 6.07) is 22.9. The molecule has 0 spiro atoms. The van der Waals surface area contributed by atoms with Gasteiger partial charge in [0.1, 0.15) is 30.0 Å². The normalized spacial score (nSPS) is 27.6. The van der Waals surface area contributed by atoms with E-state index in [4.69, 9.17) is 34.2 Å². The van der Waals surface area contributed by atoms with Crippen LogP contribution in [-0.2, 0) is 47.6 Å². The quantitative estimate of drug-likeness (QED) is 0.0304. The number of rotatable bonds is 23. The molecule has 3 aromatic carbocycles. The minimum absolute atomic E-state index is 0.0340. The highest BCUT2D eigenvalue weighted by atomic mass is 16.6. The van der Waals surface area contributed by atoms with Gasteiger partial charge >= 0.3 is 30.0 Å². The summed E-state index contributed by atoms with van der Waals surface area (Å²) in [5.41, 5.74) is -1.91. The average molecular weight is 1080 g/mol. The Kier molecular flexibility index (Phi) is 19.3. The van der Waals surface area contributed by atoms with Gasteiger partial charge in [0.25, 0.3) is 5.91 Å². The van der Waals surface area contributed by atoms with Crippen LogP contribution in [0.1, 0.15) is 112 Å². The van der Waals surface area contributed by atoms with Crippen molar-refractivity contribution >= 4 is 41.7 Å². The number of hydrogen-bond acceptors (Lipinski definition) is 18. The lowest BCUT2D eigenvalue weighted by atomic mass is 9.44. The molecule has 422 valence electrons. The number of nitrogens with one attached hydrogen (secondary N) is 4. The zero-order valence-electron chi connectivity index (χ0n) is 45.3. The molecule has 7 rings (SSSR count). The highest BCUT2D eigenvalue weighted by Crippen LogP contribution is 2.65. The second kappa shape index (κ2) is 25.5. The van der Waals surface area contributed by atoms with Crippen molar-refractivity contribution in [2.75, 3.05) is 45.9 Å². The number of unbranched alkanes of at least 4 members (excludes halogenated alkanes) is 1. The van der Waals surface area contributed by atoms with Gasteiger partial charge in [0.2, 0.25) is 0 Å². The van der Waals surface area contributed by atoms with Crippen molar-refractivity contribution in [2.24, 2.45) is 22.5 Å². The molecule has 2 amide bonds. The average Bonchev–Trinajstić information content (AvgIpc) is 3.26. The standard InChI is InChI=1S/C58H75N5O15/c1-35-41(75-53(70)46(66)45(38-20-10-7-11-21-38)63-51(68)39-22-12-8-13-23-39)33-58(72)50(77-52(69)40-24-14-9-15-25-40)48-56(6,49(67)47(74-36(2)64)44(35)55(58,4)5)42(32-43-57(48,34-73-43)78-37(3)65)76-54(71)62-31-19-30-61-28-17-16-27-60-29-18-26-59/h7-15,20-25,41-43,45-48,50,60-61,66,72H,16-19,26-34,59H2,1-6H3,(H,62,71)(H,63,68)/t41-,42-,43+,45-,46+,47+,48-,50-,56+,57-,58+/m0/s1. The molecule has 20 heteroatoms. The number of ether oxygens (including phenoxy) is 6. The molecule has 8 N–H and O–H groups in total. The van der Waals surface area contributed by atoms with Gasteiger partial charge in [-0.2, -0.15) is 0 Å². The molecule has 0 aromatic heterocycles. The van der Waals surface area contributed by atoms with E-state index in [0.717, 1.165) is 52.7 Å². The summed E-state index contributed by atoms with van der Waals surface area (Å²) < 4.78 is 37.5. The highest BCUT2D eigenvalue weighted by molar-refractivity contribution is 5.96. The second-order valence-electron chi connectivity index (χ2n) is 21.4. The van der Waals surface area contributed by atoms with E-state index in [-0.39, 0.29) is 41.8 Å². The number of aliphatic hydroxyl groups excluding tert-OH is 1. The zero-order chi connectivity index (χ0) is 56.4. The minimum Gasteiger partial charge on any atom is -0.456 e. The molecule has 2 bridgehead atoms. The Morgan fingerprint density at radius 2 is 1.35 bits per heavy atom. The summed E-state index contributed by atoms with van der Waals surface area (Å²) in [5.74, 6) is -7.07. The smallest absolute Gasteiger partial charge is 0.407 e. The fourth-order valence-corrected chi connectivity index (χ4v) is 11.9. The van der Waals surface area contributed by atoms with Gasteiger partial charge in [-0.1, -0.05) is 80.6 Å². The Balaban J connectivity index is 1.29. The number of amides is 2. The van der Waals surface area contributed by atoms with Gasteiger partial charge in [0, 0.05) is 44.2 Å². The first-order valence-electron chi connectivity index (χ1n) is 26.8. The first-order chi connectivity index (χ1) is 37.2. The molecule has 3 fully saturated rings. The topological polar surface area (TPSA) is 289 Å². The first-order valence-corrected chi connectivity index (χ1v) is 26.8. The number of alkyl carbamates (subject to hydrolysis) is 1. The SMILES string of the molecule is CC(=O)O[C@H]1C(=O)[C@]2(C)[C@@H](OC(=O)NCCCNCCCCNCCCN)C[C@H]3OC[C@@]3(OC(C)=O)[C@H]2[C@H](OC(=O)c2ccccc2)[C@]2(O)C[C@H](OC(=O)[C@H](O)[C@@H](NC(=O)c3ccccc3)c3ccccc3)C(C)=C1C2(C)C. The van der Waals surface area contributed by atoms with Crippen LogP contribution in [0.3, 0.4) is 0 Å². The summed E-state index contributed by atoms with van der Waals surface area (Å²) in [7, 11) is 0. The van der Waals surface area contributed by atoms with Crippen LogP contribution < -0.4 is 27.0 Å². The molecule has 1 aliphatic heterocycles. The van der Waals surface area contributed by atoms with Crippen LogP contribution in [0.25, 0.3) is 0 Å². The van der Waals surface area contributed by atoms with E-state index in [2.05, 4.69) is 21.3 Å². The number of nitrogens with two attached hydrogens (primary N) is 1. The number of hydrogen-bond donors (Lipinski definition) is 7. The maximum absolute atomic E-state index is 16.3. The lowest BCUT2D eigenvalue weighted by molar-refractivity contribution is -0.345. The first kappa shape index (κ1) is 59.1. The Hall–Kier alpha value is -6.55. The number of Topliss-reactive ketones (excluding diaryl/α,β-unsaturated/α-hetero) is 1. The molecule has 3 aliphatic carbocycles. The number of esters is 4. The molecule has 11 atom stereocenters. The summed E-state index contributed by atoms with van der Waals surface area (Å²) in [6.45, 7) is 11.9. The van der Waals surface area contributed by atoms with E-state index in [1.165, 1.54) is 26.0 Å². The van der Waals surface area contributed by atoms with Gasteiger partial charge in [-0.25, -0.2) is 14.4 Å². The molecular weight excluding hydrogens is 1010 g/mol. The summed E-state index contributed by atoms with van der Waals surface area (Å²) >= 11 is 0. The van der Waals surface area contributed by atoms with Gasteiger partial charge in [0.15, 0.2) is 23.6 Å². The van der Waals surface area contributed by atoms with Crippen LogP contribution >= 0.6 is 0 Å². The Morgan fingerprint density at radius 3 is 1.92 bits per heavy atom. The van der Waals surface area contributed by atoms with E-state index < -0.39 is 119 Å². The molecule has 0 unspecified atom stereocenters. The number of carbonyl (C=O) groups excluding carboxylic acids is 7. The fourth-order valence-electron chi connectivity index (χ4n) is 11.9. The van der Waals surface area contributed by atoms with Crippen molar-refractivity contribution in [3.05, 3.63) is 119 Å². The Bertz CT molecular complexity index is 2660. The number of ketones is 1. The van der Waals surface area contributed by atoms with Gasteiger partial charge in [-0.3, -0.25) is 19.2 Å². The minimum atomic E-state index is -2.47. The summed E-state index contributed by atoms with van der Waals surface area (Å²) in [4.78, 5) is 100.0. The van der Waals surface area contributed by atoms with Gasteiger partial charge in [-0.15, -0.1) is 0 Å². The van der Waals surface area contributed by atoms with Crippen LogP contribution in [-0.4, -0.2) is 146 Å². The third-order valence-electron chi connectivity index (χ3n) is 16.0. The fraction of sp³-hybridized carbons (Fsp3) is 0.534. The summed E-state index contributed by atoms with van der Waals surface area (Å²) in [5, 5.41) is 38.3. The molecule has 0 radical (unpaired) electrons. The van der Waals surface area contributed by atoms with E-state index in [1.807, 2.05) is 0 Å². The number of aliphatic hydroxyl groups is 2. The van der Waals surface area contributed by atoms with Crippen molar-refractivity contribution in [2.45, 2.75) is 134 Å². The molecule has 1 saturated heterocycles. The number of benzene rings is 3. The second-order valence-corrected chi connectivity index (χ2v) is 21.4. The van der Waals surface area contributed by atoms with E-state index in [0.29, 0.717) is 25.1 Å². The van der Waals surface area contributed by atoms with Crippen molar-refractivity contribution in [3.8, 4) is 0 Å². The van der Waals surface area contributed by atoms with Gasteiger partial charge < -0.3 is 65.6 Å². The van der Waals surface area contributed by atoms with Crippen molar-refractivity contribution in [1.82, 2.24) is 21.3 Å². The van der Waals surface area contributed by atoms with Crippen LogP contribution in [0.2, 0.25) is 0 Å². The van der Waals surface area contributed by atoms with E-state index in [9.17, 15) is 39.0 Å². The van der Waals surface area contributed by atoms with Gasteiger partial charge in [-0.05, 0) is 113 Å². The van der Waals surface area contributed by atoms with E-state index >= 15 is 4.79 Å². The molecular formula is C58H75N5O15. The van der Waals surface area contributed by atoms with Crippen molar-refractivity contribution < 1.29 is 72.2 Å². The molecule has 2 saturated carbocycles. The Labute approximate surface area is 454 Å². The maximum atomic E-state index is 16.3. The van der Waals surface area contributed by atoms with Crippen LogP contribution in [0.5, 0.6) is 0 Å². The third kappa shape index (κ3) is 12.3. The van der Waals surface area contributed by atoms with Crippen LogP contribution in [0, 0.1) is 16.7 Å². The lowest BCUT2D eigenvalue weighted by Crippen LogP contribution is -2.82. The van der Waals surface area contributed by atoms with E-state index in [1.54, 1.807) is 92.7 Å². The van der Waals surface area contributed by atoms with Crippen LogP contribution in [0.15, 0.2) is 102 Å². The highest BCUT2D eigenvalue weighted by Gasteiger charge is 2.79. The number of fused-ring (bicyclic) bond motifs is 5.